The maximum Gasteiger partial charge on any atom is 0.335 e. The third kappa shape index (κ3) is 3.87. The normalized spacial score (nSPS) is 10.7. The molecular formula is C23H19N3O3. The monoisotopic (exact) mass is 385 g/mol. The Labute approximate surface area is 168 Å². The number of carboxylic acids is 1. The van der Waals surface area contributed by atoms with E-state index in [0.717, 1.165) is 28.2 Å². The lowest BCUT2D eigenvalue weighted by molar-refractivity contribution is 0.0697. The zero-order valence-electron chi connectivity index (χ0n) is 16.0. The number of anilines is 2. The number of benzene rings is 3. The second-order valence-electron chi connectivity index (χ2n) is 6.60. The molecule has 4 aromatic rings. The van der Waals surface area contributed by atoms with Gasteiger partial charge in [0.25, 0.3) is 0 Å². The van der Waals surface area contributed by atoms with Gasteiger partial charge in [-0.05, 0) is 67.6 Å². The molecule has 0 saturated heterocycles. The number of nitrogens with zero attached hydrogens (tertiary/aromatic N) is 3. The quantitative estimate of drug-likeness (QED) is 0.509. The lowest BCUT2D eigenvalue weighted by Gasteiger charge is -2.20. The molecule has 3 aromatic carbocycles. The molecule has 0 bridgehead atoms. The zero-order valence-corrected chi connectivity index (χ0v) is 16.0. The van der Waals surface area contributed by atoms with Crippen LogP contribution in [0.15, 0.2) is 72.8 Å². The Hall–Kier alpha value is -3.93. The van der Waals surface area contributed by atoms with Crippen molar-refractivity contribution >= 4 is 28.4 Å². The fraction of sp³-hybridized carbons (Fsp3) is 0.0870. The minimum atomic E-state index is -0.962. The summed E-state index contributed by atoms with van der Waals surface area (Å²) in [5, 5.41) is 9.96. The van der Waals surface area contributed by atoms with Crippen molar-refractivity contribution in [2.24, 2.45) is 0 Å². The summed E-state index contributed by atoms with van der Waals surface area (Å²) in [6.07, 6.45) is 0. The van der Waals surface area contributed by atoms with Crippen LogP contribution in [0.2, 0.25) is 0 Å². The molecule has 0 fully saturated rings. The van der Waals surface area contributed by atoms with Gasteiger partial charge in [-0.2, -0.15) is 0 Å². The third-order valence-electron chi connectivity index (χ3n) is 4.57. The number of para-hydroxylation sites is 1. The summed E-state index contributed by atoms with van der Waals surface area (Å²) in [7, 11) is 1.97. The van der Waals surface area contributed by atoms with E-state index in [0.29, 0.717) is 11.5 Å². The van der Waals surface area contributed by atoms with E-state index in [1.54, 1.807) is 12.1 Å². The predicted molar refractivity (Wildman–Crippen MR) is 112 cm³/mol. The number of carbonyl (C=O) groups is 1. The van der Waals surface area contributed by atoms with Gasteiger partial charge in [0, 0.05) is 18.1 Å². The first-order valence-electron chi connectivity index (χ1n) is 9.09. The van der Waals surface area contributed by atoms with Crippen LogP contribution in [-0.4, -0.2) is 28.1 Å². The molecule has 6 heteroatoms. The summed E-state index contributed by atoms with van der Waals surface area (Å²) in [4.78, 5) is 22.1. The summed E-state index contributed by atoms with van der Waals surface area (Å²) in [5.74, 6) is 1.83. The van der Waals surface area contributed by atoms with E-state index in [4.69, 9.17) is 9.84 Å². The van der Waals surface area contributed by atoms with Crippen LogP contribution in [0, 0.1) is 6.92 Å². The van der Waals surface area contributed by atoms with Gasteiger partial charge in [-0.1, -0.05) is 12.1 Å². The Bertz CT molecular complexity index is 1170. The molecule has 1 heterocycles. The Morgan fingerprint density at radius 3 is 2.17 bits per heavy atom. The van der Waals surface area contributed by atoms with E-state index in [-0.39, 0.29) is 5.56 Å². The zero-order chi connectivity index (χ0) is 20.4. The van der Waals surface area contributed by atoms with Gasteiger partial charge in [-0.3, -0.25) is 0 Å². The molecule has 0 spiro atoms. The molecule has 4 rings (SSSR count). The van der Waals surface area contributed by atoms with Crippen LogP contribution in [0.5, 0.6) is 11.5 Å². The number of aromatic nitrogens is 2. The van der Waals surface area contributed by atoms with Gasteiger partial charge in [0.05, 0.1) is 11.1 Å². The first-order valence-corrected chi connectivity index (χ1v) is 9.09. The van der Waals surface area contributed by atoms with Crippen molar-refractivity contribution < 1.29 is 14.6 Å². The number of aromatic carboxylic acids is 1. The maximum atomic E-state index is 10.9. The van der Waals surface area contributed by atoms with Gasteiger partial charge in [0.2, 0.25) is 0 Å². The summed E-state index contributed by atoms with van der Waals surface area (Å²) < 4.78 is 5.81. The van der Waals surface area contributed by atoms with Crippen LogP contribution >= 0.6 is 0 Å². The van der Waals surface area contributed by atoms with Crippen molar-refractivity contribution in [3.63, 3.8) is 0 Å². The predicted octanol–water partition coefficient (Wildman–Crippen LogP) is 5.20. The van der Waals surface area contributed by atoms with E-state index < -0.39 is 5.97 Å². The second-order valence-corrected chi connectivity index (χ2v) is 6.60. The first-order chi connectivity index (χ1) is 14.0. The molecule has 1 aromatic heterocycles. The van der Waals surface area contributed by atoms with Crippen LogP contribution in [0.4, 0.5) is 11.5 Å². The molecular weight excluding hydrogens is 366 g/mol. The van der Waals surface area contributed by atoms with Crippen molar-refractivity contribution in [2.75, 3.05) is 11.9 Å². The molecule has 0 aliphatic carbocycles. The molecule has 0 radical (unpaired) electrons. The fourth-order valence-corrected chi connectivity index (χ4v) is 3.09. The average molecular weight is 385 g/mol. The van der Waals surface area contributed by atoms with Crippen LogP contribution < -0.4 is 9.64 Å². The smallest absolute Gasteiger partial charge is 0.335 e. The lowest BCUT2D eigenvalue weighted by Crippen LogP contribution is -2.12. The number of fused-ring (bicyclic) bond motifs is 1. The van der Waals surface area contributed by atoms with Crippen LogP contribution in [0.3, 0.4) is 0 Å². The lowest BCUT2D eigenvalue weighted by atomic mass is 10.2. The van der Waals surface area contributed by atoms with E-state index in [2.05, 4.69) is 9.97 Å². The summed E-state index contributed by atoms with van der Waals surface area (Å²) in [5.41, 5.74) is 2.09. The van der Waals surface area contributed by atoms with Crippen molar-refractivity contribution in [2.45, 2.75) is 6.92 Å². The highest BCUT2D eigenvalue weighted by Gasteiger charge is 2.12. The molecule has 0 aliphatic heterocycles. The fourth-order valence-electron chi connectivity index (χ4n) is 3.09. The van der Waals surface area contributed by atoms with Crippen molar-refractivity contribution in [3.05, 3.63) is 84.2 Å². The minimum Gasteiger partial charge on any atom is -0.478 e. The topological polar surface area (TPSA) is 75.6 Å². The third-order valence-corrected chi connectivity index (χ3v) is 4.57. The Kier molecular flexibility index (Phi) is 4.83. The van der Waals surface area contributed by atoms with Gasteiger partial charge >= 0.3 is 5.97 Å². The Balaban J connectivity index is 1.57. The largest absolute Gasteiger partial charge is 0.478 e. The van der Waals surface area contributed by atoms with Gasteiger partial charge < -0.3 is 14.7 Å². The molecule has 6 nitrogen and oxygen atoms in total. The molecule has 0 amide bonds. The molecule has 0 saturated carbocycles. The highest BCUT2D eigenvalue weighted by molar-refractivity contribution is 5.91. The molecule has 1 N–H and O–H groups in total. The average Bonchev–Trinajstić information content (AvgIpc) is 2.73. The standard InChI is InChI=1S/C23H19N3O3/c1-15-24-21-6-4-3-5-20(21)22(25-15)26(2)17-9-13-19(14-10-17)29-18-11-7-16(8-12-18)23(27)28/h3-14H,1-2H3,(H,27,28). The molecule has 0 unspecified atom stereocenters. The summed E-state index contributed by atoms with van der Waals surface area (Å²) in [6, 6.07) is 21.9. The Morgan fingerprint density at radius 1 is 0.897 bits per heavy atom. The van der Waals surface area contributed by atoms with E-state index in [1.807, 2.05) is 67.4 Å². The van der Waals surface area contributed by atoms with E-state index in [9.17, 15) is 4.79 Å². The van der Waals surface area contributed by atoms with Crippen molar-refractivity contribution in [1.29, 1.82) is 0 Å². The van der Waals surface area contributed by atoms with Gasteiger partial charge in [-0.15, -0.1) is 0 Å². The highest BCUT2D eigenvalue weighted by atomic mass is 16.5. The van der Waals surface area contributed by atoms with Crippen LogP contribution in [0.1, 0.15) is 16.2 Å². The van der Waals surface area contributed by atoms with Crippen molar-refractivity contribution in [1.82, 2.24) is 9.97 Å². The number of hydrogen-bond donors (Lipinski definition) is 1. The Morgan fingerprint density at radius 2 is 1.52 bits per heavy atom. The maximum absolute atomic E-state index is 10.9. The van der Waals surface area contributed by atoms with Gasteiger partial charge in [0.15, 0.2) is 0 Å². The first kappa shape index (κ1) is 18.4. The van der Waals surface area contributed by atoms with Crippen LogP contribution in [0.25, 0.3) is 10.9 Å². The second kappa shape index (κ2) is 7.59. The van der Waals surface area contributed by atoms with E-state index in [1.165, 1.54) is 12.1 Å². The number of carboxylic acid groups (broad SMARTS) is 1. The number of hydrogen-bond acceptors (Lipinski definition) is 5. The molecule has 29 heavy (non-hydrogen) atoms. The number of ether oxygens (including phenoxy) is 1. The minimum absolute atomic E-state index is 0.224. The molecule has 0 aliphatic rings. The SMILES string of the molecule is Cc1nc(N(C)c2ccc(Oc3ccc(C(=O)O)cc3)cc2)c2ccccc2n1. The van der Waals surface area contributed by atoms with Crippen molar-refractivity contribution in [3.8, 4) is 11.5 Å². The van der Waals surface area contributed by atoms with E-state index >= 15 is 0 Å². The van der Waals surface area contributed by atoms with Gasteiger partial charge in [-0.25, -0.2) is 14.8 Å². The molecule has 0 atom stereocenters. The number of rotatable bonds is 5. The summed E-state index contributed by atoms with van der Waals surface area (Å²) >= 11 is 0. The molecule has 144 valence electrons. The highest BCUT2D eigenvalue weighted by Crippen LogP contribution is 2.30. The number of aryl methyl sites for hydroxylation is 1. The van der Waals surface area contributed by atoms with Gasteiger partial charge in [0.1, 0.15) is 23.1 Å². The summed E-state index contributed by atoms with van der Waals surface area (Å²) in [6.45, 7) is 1.89. The van der Waals surface area contributed by atoms with Crippen LogP contribution in [-0.2, 0) is 0 Å².